The Morgan fingerprint density at radius 3 is 2.68 bits per heavy atom. The van der Waals surface area contributed by atoms with Gasteiger partial charge in [0.25, 0.3) is 0 Å². The Morgan fingerprint density at radius 1 is 1.14 bits per heavy atom. The molecule has 0 amide bonds. The van der Waals surface area contributed by atoms with Crippen molar-refractivity contribution in [2.75, 3.05) is 5.32 Å². The number of hydrogen-bond acceptors (Lipinski definition) is 4. The van der Waals surface area contributed by atoms with E-state index in [4.69, 9.17) is 5.11 Å². The zero-order valence-electron chi connectivity index (χ0n) is 11.5. The molecule has 5 heteroatoms. The third kappa shape index (κ3) is 2.76. The van der Waals surface area contributed by atoms with Gasteiger partial charge in [-0.3, -0.25) is 0 Å². The molecule has 0 aliphatic carbocycles. The van der Waals surface area contributed by atoms with Crippen molar-refractivity contribution in [1.29, 1.82) is 0 Å². The molecule has 4 nitrogen and oxygen atoms in total. The van der Waals surface area contributed by atoms with Crippen molar-refractivity contribution >= 4 is 35.4 Å². The third-order valence-corrected chi connectivity index (χ3v) is 4.51. The molecule has 110 valence electrons. The molecule has 2 aromatic rings. The quantitative estimate of drug-likeness (QED) is 0.566. The number of carboxylic acid groups (broad SMARTS) is 1. The Labute approximate surface area is 131 Å². The van der Waals surface area contributed by atoms with Gasteiger partial charge in [0.05, 0.1) is 17.3 Å². The molecule has 0 saturated carbocycles. The lowest BCUT2D eigenvalue weighted by Crippen LogP contribution is -2.07. The van der Waals surface area contributed by atoms with Crippen LogP contribution in [0.25, 0.3) is 0 Å². The van der Waals surface area contributed by atoms with E-state index in [0.29, 0.717) is 0 Å². The van der Waals surface area contributed by atoms with Gasteiger partial charge in [0.2, 0.25) is 0 Å². The highest BCUT2D eigenvalue weighted by Gasteiger charge is 2.21. The predicted molar refractivity (Wildman–Crippen MR) is 85.9 cm³/mol. The average molecular weight is 311 g/mol. The summed E-state index contributed by atoms with van der Waals surface area (Å²) < 4.78 is 0. The highest BCUT2D eigenvalue weighted by atomic mass is 32.2. The number of carbonyl (C=O) groups excluding carboxylic acids is 1. The van der Waals surface area contributed by atoms with Gasteiger partial charge < -0.3 is 15.2 Å². The number of carboxylic acids is 1. The fraction of sp³-hybridized carbons (Fsp3) is 0.0588. The second-order valence-electron chi connectivity index (χ2n) is 4.80. The molecule has 1 heterocycles. The summed E-state index contributed by atoms with van der Waals surface area (Å²) in [4.78, 5) is 24.2. The molecular weight excluding hydrogens is 298 g/mol. The number of nitrogens with one attached hydrogen (secondary N) is 1. The molecule has 0 saturated heterocycles. The van der Waals surface area contributed by atoms with E-state index in [1.165, 1.54) is 6.08 Å². The smallest absolute Gasteiger partial charge is 0.328 e. The molecule has 1 aliphatic rings. The van der Waals surface area contributed by atoms with Crippen LogP contribution in [-0.2, 0) is 9.59 Å². The van der Waals surface area contributed by atoms with Gasteiger partial charge in [-0.05, 0) is 23.8 Å². The summed E-state index contributed by atoms with van der Waals surface area (Å²) in [5.41, 5.74) is 2.62. The highest BCUT2D eigenvalue weighted by molar-refractivity contribution is 7.99. The van der Waals surface area contributed by atoms with Crippen LogP contribution in [0.15, 0.2) is 64.4 Å². The number of carbonyl (C=O) groups is 2. The van der Waals surface area contributed by atoms with E-state index in [1.807, 2.05) is 42.5 Å². The number of fused-ring (bicyclic) bond motifs is 2. The van der Waals surface area contributed by atoms with Crippen molar-refractivity contribution in [3.05, 3.63) is 60.2 Å². The first-order chi connectivity index (χ1) is 10.7. The molecule has 1 atom stereocenters. The Bertz CT molecular complexity index is 770. The largest absolute Gasteiger partial charge is 0.478 e. The summed E-state index contributed by atoms with van der Waals surface area (Å²) in [6.07, 6.45) is 3.15. The van der Waals surface area contributed by atoms with Crippen LogP contribution in [0.3, 0.4) is 0 Å². The number of para-hydroxylation sites is 2. The number of aldehydes is 1. The molecule has 1 unspecified atom stereocenters. The van der Waals surface area contributed by atoms with Crippen LogP contribution in [-0.4, -0.2) is 17.4 Å². The van der Waals surface area contributed by atoms with Gasteiger partial charge in [-0.1, -0.05) is 42.1 Å². The van der Waals surface area contributed by atoms with Gasteiger partial charge in [0, 0.05) is 15.9 Å². The second-order valence-corrected chi connectivity index (χ2v) is 5.89. The van der Waals surface area contributed by atoms with Gasteiger partial charge in [-0.25, -0.2) is 4.79 Å². The summed E-state index contributed by atoms with van der Waals surface area (Å²) in [6, 6.07) is 13.6. The third-order valence-electron chi connectivity index (χ3n) is 3.38. The van der Waals surface area contributed by atoms with Gasteiger partial charge in [0.15, 0.2) is 0 Å². The van der Waals surface area contributed by atoms with Gasteiger partial charge >= 0.3 is 5.97 Å². The lowest BCUT2D eigenvalue weighted by molar-refractivity contribution is -0.131. The maximum absolute atomic E-state index is 11.4. The van der Waals surface area contributed by atoms with Crippen LogP contribution in [0.1, 0.15) is 11.5 Å². The minimum absolute atomic E-state index is 0.593. The van der Waals surface area contributed by atoms with Crippen LogP contribution >= 0.6 is 11.8 Å². The number of rotatable bonds is 4. The molecule has 0 fully saturated rings. The molecule has 0 aromatic heterocycles. The minimum atomic E-state index is -1.07. The van der Waals surface area contributed by atoms with E-state index in [9.17, 15) is 9.59 Å². The molecule has 3 rings (SSSR count). The fourth-order valence-electron chi connectivity index (χ4n) is 2.37. The molecule has 0 spiro atoms. The Kier molecular flexibility index (Phi) is 3.98. The van der Waals surface area contributed by atoms with Crippen LogP contribution < -0.4 is 5.32 Å². The van der Waals surface area contributed by atoms with E-state index in [2.05, 4.69) is 5.32 Å². The van der Waals surface area contributed by atoms with Crippen molar-refractivity contribution in [2.45, 2.75) is 15.7 Å². The number of benzene rings is 2. The second kappa shape index (κ2) is 6.07. The monoisotopic (exact) mass is 311 g/mol. The maximum Gasteiger partial charge on any atom is 0.328 e. The first-order valence-electron chi connectivity index (χ1n) is 6.72. The fourth-order valence-corrected chi connectivity index (χ4v) is 3.40. The van der Waals surface area contributed by atoms with Gasteiger partial charge in [0.1, 0.15) is 6.29 Å². The first-order valence-corrected chi connectivity index (χ1v) is 7.54. The van der Waals surface area contributed by atoms with Gasteiger partial charge in [-0.2, -0.15) is 0 Å². The van der Waals surface area contributed by atoms with E-state index in [1.54, 1.807) is 11.8 Å². The number of hydrogen-bond donors (Lipinski definition) is 2. The average Bonchev–Trinajstić information content (AvgIpc) is 2.53. The summed E-state index contributed by atoms with van der Waals surface area (Å²) in [7, 11) is 0. The van der Waals surface area contributed by atoms with Crippen LogP contribution in [0.5, 0.6) is 0 Å². The lowest BCUT2D eigenvalue weighted by Gasteiger charge is -2.24. The number of anilines is 2. The summed E-state index contributed by atoms with van der Waals surface area (Å²) in [6.45, 7) is 0. The van der Waals surface area contributed by atoms with E-state index < -0.39 is 11.9 Å². The molecule has 1 aliphatic heterocycles. The zero-order chi connectivity index (χ0) is 15.5. The number of allylic oxidation sites excluding steroid dienone is 1. The van der Waals surface area contributed by atoms with Crippen molar-refractivity contribution in [3.63, 3.8) is 0 Å². The van der Waals surface area contributed by atoms with Crippen LogP contribution in [0.2, 0.25) is 0 Å². The molecule has 22 heavy (non-hydrogen) atoms. The van der Waals surface area contributed by atoms with Crippen LogP contribution in [0, 0.1) is 0 Å². The Morgan fingerprint density at radius 2 is 1.91 bits per heavy atom. The zero-order valence-corrected chi connectivity index (χ0v) is 12.3. The van der Waals surface area contributed by atoms with Crippen molar-refractivity contribution < 1.29 is 14.7 Å². The molecule has 2 N–H and O–H groups in total. The predicted octanol–water partition coefficient (Wildman–Crippen LogP) is 3.82. The maximum atomic E-state index is 11.4. The SMILES string of the molecule is O=CC(C=CC(=O)O)c1cccc2c1Nc1ccccc1S2. The standard InChI is InChI=1S/C17H13NO3S/c19-10-11(8-9-16(20)21)12-4-3-7-15-17(12)18-13-5-1-2-6-14(13)22-15/h1-11,18H,(H,20,21). The topological polar surface area (TPSA) is 66.4 Å². The number of aliphatic carboxylic acids is 1. The normalized spacial score (nSPS) is 13.8. The molecule has 0 radical (unpaired) electrons. The minimum Gasteiger partial charge on any atom is -0.478 e. The van der Waals surface area contributed by atoms with E-state index in [0.717, 1.165) is 39.1 Å². The molecule has 0 bridgehead atoms. The van der Waals surface area contributed by atoms with Crippen molar-refractivity contribution in [1.82, 2.24) is 0 Å². The first kappa shape index (κ1) is 14.4. The summed E-state index contributed by atoms with van der Waals surface area (Å²) in [5.74, 6) is -1.66. The van der Waals surface area contributed by atoms with Crippen LogP contribution in [0.4, 0.5) is 11.4 Å². The van der Waals surface area contributed by atoms with Crippen molar-refractivity contribution in [2.24, 2.45) is 0 Å². The summed E-state index contributed by atoms with van der Waals surface area (Å²) in [5, 5.41) is 12.1. The molecular formula is C17H13NO3S. The molecule has 2 aromatic carbocycles. The van der Waals surface area contributed by atoms with E-state index >= 15 is 0 Å². The lowest BCUT2D eigenvalue weighted by atomic mass is 9.97. The highest BCUT2D eigenvalue weighted by Crippen LogP contribution is 2.46. The Hall–Kier alpha value is -2.53. The summed E-state index contributed by atoms with van der Waals surface area (Å²) >= 11 is 1.63. The van der Waals surface area contributed by atoms with E-state index in [-0.39, 0.29) is 0 Å². The Balaban J connectivity index is 2.02. The van der Waals surface area contributed by atoms with Crippen molar-refractivity contribution in [3.8, 4) is 0 Å². The van der Waals surface area contributed by atoms with Gasteiger partial charge in [-0.15, -0.1) is 0 Å².